The number of benzene rings is 2. The first kappa shape index (κ1) is 22.4. The number of hydrogen-bond acceptors (Lipinski definition) is 5. The summed E-state index contributed by atoms with van der Waals surface area (Å²) in [6.07, 6.45) is 3.27. The van der Waals surface area contributed by atoms with Crippen molar-refractivity contribution in [3.63, 3.8) is 0 Å². The molecule has 0 saturated heterocycles. The summed E-state index contributed by atoms with van der Waals surface area (Å²) in [5.74, 6) is 1.89. The maximum Gasteiger partial charge on any atom is 0.167 e. The predicted octanol–water partition coefficient (Wildman–Crippen LogP) is 6.26. The van der Waals surface area contributed by atoms with Gasteiger partial charge in [-0.3, -0.25) is 4.98 Å². The van der Waals surface area contributed by atoms with Gasteiger partial charge in [0.25, 0.3) is 0 Å². The van der Waals surface area contributed by atoms with E-state index in [-0.39, 0.29) is 5.41 Å². The Balaban J connectivity index is 1.35. The highest BCUT2D eigenvalue weighted by molar-refractivity contribution is 5.59. The van der Waals surface area contributed by atoms with E-state index in [2.05, 4.69) is 67.3 Å². The fourth-order valence-corrected chi connectivity index (χ4v) is 4.36. The molecule has 1 unspecified atom stereocenters. The number of ether oxygens (including phenoxy) is 1. The van der Waals surface area contributed by atoms with Crippen LogP contribution in [0.2, 0.25) is 0 Å². The lowest BCUT2D eigenvalue weighted by Gasteiger charge is -2.35. The molecule has 2 aromatic carbocycles. The average molecular weight is 455 g/mol. The Morgan fingerprint density at radius 1 is 1.00 bits per heavy atom. The summed E-state index contributed by atoms with van der Waals surface area (Å²) in [4.78, 5) is 4.31. The fourth-order valence-electron chi connectivity index (χ4n) is 4.36. The first-order valence-corrected chi connectivity index (χ1v) is 11.8. The first-order valence-electron chi connectivity index (χ1n) is 11.8. The van der Waals surface area contributed by atoms with Crippen molar-refractivity contribution in [3.05, 3.63) is 102 Å². The minimum Gasteiger partial charge on any atom is -0.487 e. The predicted molar refractivity (Wildman–Crippen MR) is 131 cm³/mol. The monoisotopic (exact) mass is 454 g/mol. The van der Waals surface area contributed by atoms with Crippen molar-refractivity contribution in [2.45, 2.75) is 51.2 Å². The molecule has 5 nitrogen and oxygen atoms in total. The van der Waals surface area contributed by atoms with Gasteiger partial charge in [-0.25, -0.2) is 0 Å². The Morgan fingerprint density at radius 2 is 1.68 bits per heavy atom. The van der Waals surface area contributed by atoms with Crippen molar-refractivity contribution in [1.82, 2.24) is 10.1 Å². The van der Waals surface area contributed by atoms with Crippen LogP contribution in [-0.2, 0) is 17.6 Å². The SMILES string of the molecule is CC(C)C(C)(c1ccc(OCc2ccccn2)cc1)c1ccc(-c2cc(C3(O)CC3)no2)cc1. The maximum atomic E-state index is 10.3. The third-order valence-electron chi connectivity index (χ3n) is 7.20. The van der Waals surface area contributed by atoms with Gasteiger partial charge in [0, 0.05) is 23.2 Å². The number of nitrogens with zero attached hydrogens (tertiary/aromatic N) is 2. The Kier molecular flexibility index (Phi) is 5.74. The third-order valence-corrected chi connectivity index (χ3v) is 7.20. The van der Waals surface area contributed by atoms with Gasteiger partial charge >= 0.3 is 0 Å². The number of aliphatic hydroxyl groups is 1. The molecule has 1 atom stereocenters. The van der Waals surface area contributed by atoms with E-state index < -0.39 is 5.60 Å². The average Bonchev–Trinajstić information content (AvgIpc) is 3.41. The van der Waals surface area contributed by atoms with Crippen LogP contribution < -0.4 is 4.74 Å². The zero-order chi connectivity index (χ0) is 23.8. The molecule has 0 aliphatic heterocycles. The molecule has 0 amide bonds. The van der Waals surface area contributed by atoms with Gasteiger partial charge in [0.15, 0.2) is 5.76 Å². The second kappa shape index (κ2) is 8.73. The van der Waals surface area contributed by atoms with Crippen LogP contribution in [0, 0.1) is 5.92 Å². The van der Waals surface area contributed by atoms with E-state index in [1.54, 1.807) is 6.20 Å². The van der Waals surface area contributed by atoms with E-state index in [9.17, 15) is 5.11 Å². The maximum absolute atomic E-state index is 10.3. The lowest BCUT2D eigenvalue weighted by Crippen LogP contribution is -2.30. The molecule has 5 heteroatoms. The normalized spacial score (nSPS) is 16.3. The van der Waals surface area contributed by atoms with Gasteiger partial charge in [0.1, 0.15) is 23.7 Å². The molecule has 1 aliphatic rings. The molecule has 0 bridgehead atoms. The topological polar surface area (TPSA) is 68.4 Å². The van der Waals surface area contributed by atoms with Gasteiger partial charge in [-0.2, -0.15) is 0 Å². The molecule has 5 rings (SSSR count). The summed E-state index contributed by atoms with van der Waals surface area (Å²) in [7, 11) is 0. The Bertz CT molecular complexity index is 1240. The summed E-state index contributed by atoms with van der Waals surface area (Å²) < 4.78 is 11.4. The van der Waals surface area contributed by atoms with E-state index in [1.807, 2.05) is 36.4 Å². The summed E-state index contributed by atoms with van der Waals surface area (Å²) in [6, 6.07) is 24.5. The van der Waals surface area contributed by atoms with Crippen LogP contribution in [0.4, 0.5) is 0 Å². The van der Waals surface area contributed by atoms with Crippen molar-refractivity contribution < 1.29 is 14.4 Å². The van der Waals surface area contributed by atoms with Gasteiger partial charge in [0.2, 0.25) is 0 Å². The molecule has 174 valence electrons. The molecule has 0 spiro atoms. The summed E-state index contributed by atoms with van der Waals surface area (Å²) in [5.41, 5.74) is 4.00. The molecular formula is C29H30N2O3. The van der Waals surface area contributed by atoms with Crippen molar-refractivity contribution in [1.29, 1.82) is 0 Å². The highest BCUT2D eigenvalue weighted by Gasteiger charge is 2.45. The van der Waals surface area contributed by atoms with Gasteiger partial charge < -0.3 is 14.4 Å². The van der Waals surface area contributed by atoms with Crippen LogP contribution in [0.25, 0.3) is 11.3 Å². The molecule has 1 N–H and O–H groups in total. The second-order valence-electron chi connectivity index (χ2n) is 9.68. The minimum absolute atomic E-state index is 0.173. The van der Waals surface area contributed by atoms with E-state index >= 15 is 0 Å². The molecule has 0 radical (unpaired) electrons. The highest BCUT2D eigenvalue weighted by atomic mass is 16.5. The standard InChI is InChI=1S/C29H30N2O3/c1-20(2)28(3,23-11-13-25(14-12-23)33-19-24-6-4-5-17-30-24)22-9-7-21(8-10-22)26-18-27(31-34-26)29(32)15-16-29/h4-14,17-18,20,32H,15-16,19H2,1-3H3. The lowest BCUT2D eigenvalue weighted by molar-refractivity contribution is 0.141. The fraction of sp³-hybridized carbons (Fsp3) is 0.310. The van der Waals surface area contributed by atoms with Gasteiger partial charge in [-0.1, -0.05) is 68.4 Å². The Morgan fingerprint density at radius 3 is 2.26 bits per heavy atom. The van der Waals surface area contributed by atoms with Crippen molar-refractivity contribution in [2.75, 3.05) is 0 Å². The number of rotatable bonds is 8. The Hall–Kier alpha value is -3.44. The van der Waals surface area contributed by atoms with Gasteiger partial charge in [0.05, 0.1) is 5.69 Å². The minimum atomic E-state index is -0.786. The Labute approximate surface area is 200 Å². The number of pyridine rings is 1. The van der Waals surface area contributed by atoms with Crippen molar-refractivity contribution >= 4 is 0 Å². The summed E-state index contributed by atoms with van der Waals surface area (Å²) in [5, 5.41) is 14.4. The molecule has 2 heterocycles. The van der Waals surface area contributed by atoms with Crippen molar-refractivity contribution in [3.8, 4) is 17.1 Å². The summed E-state index contributed by atoms with van der Waals surface area (Å²) in [6.45, 7) is 7.23. The zero-order valence-corrected chi connectivity index (χ0v) is 19.9. The van der Waals surface area contributed by atoms with E-state index in [0.29, 0.717) is 24.0 Å². The van der Waals surface area contributed by atoms with Crippen LogP contribution in [0.1, 0.15) is 56.1 Å². The molecule has 34 heavy (non-hydrogen) atoms. The lowest BCUT2D eigenvalue weighted by atomic mass is 9.68. The number of aromatic nitrogens is 2. The molecule has 1 aliphatic carbocycles. The second-order valence-corrected chi connectivity index (χ2v) is 9.68. The quantitative estimate of drug-likeness (QED) is 0.340. The van der Waals surface area contributed by atoms with Crippen LogP contribution in [0.15, 0.2) is 83.5 Å². The first-order chi connectivity index (χ1) is 16.4. The van der Waals surface area contributed by atoms with Crippen LogP contribution in [0.5, 0.6) is 5.75 Å². The van der Waals surface area contributed by atoms with E-state index in [0.717, 1.165) is 29.8 Å². The highest BCUT2D eigenvalue weighted by Crippen LogP contribution is 2.45. The third kappa shape index (κ3) is 4.24. The zero-order valence-electron chi connectivity index (χ0n) is 19.9. The molecule has 1 saturated carbocycles. The van der Waals surface area contributed by atoms with Gasteiger partial charge in [-0.05, 0) is 54.2 Å². The largest absolute Gasteiger partial charge is 0.487 e. The molecule has 2 aromatic heterocycles. The van der Waals surface area contributed by atoms with Crippen LogP contribution in [0.3, 0.4) is 0 Å². The van der Waals surface area contributed by atoms with Crippen molar-refractivity contribution in [2.24, 2.45) is 5.92 Å². The molecule has 4 aromatic rings. The molecular weight excluding hydrogens is 424 g/mol. The number of hydrogen-bond donors (Lipinski definition) is 1. The van der Waals surface area contributed by atoms with Gasteiger partial charge in [-0.15, -0.1) is 0 Å². The van der Waals surface area contributed by atoms with E-state index in [1.165, 1.54) is 11.1 Å². The van der Waals surface area contributed by atoms with E-state index in [4.69, 9.17) is 9.26 Å². The molecule has 1 fully saturated rings. The van der Waals surface area contributed by atoms with Crippen LogP contribution >= 0.6 is 0 Å². The smallest absolute Gasteiger partial charge is 0.167 e. The van der Waals surface area contributed by atoms with Crippen LogP contribution in [-0.4, -0.2) is 15.2 Å². The summed E-state index contributed by atoms with van der Waals surface area (Å²) >= 11 is 0.